The van der Waals surface area contributed by atoms with Gasteiger partial charge in [0.2, 0.25) is 0 Å². The molecule has 17 heavy (non-hydrogen) atoms. The maximum Gasteiger partial charge on any atom is 0.317 e. The molecule has 0 spiro atoms. The molecule has 0 radical (unpaired) electrons. The third-order valence-electron chi connectivity index (χ3n) is 4.07. The molecule has 2 unspecified atom stereocenters. The Bertz CT molecular complexity index is 322. The lowest BCUT2D eigenvalue weighted by atomic mass is 9.79. The van der Waals surface area contributed by atoms with E-state index in [9.17, 15) is 4.79 Å². The van der Waals surface area contributed by atoms with Crippen molar-refractivity contribution < 1.29 is 4.79 Å². The third-order valence-corrected chi connectivity index (χ3v) is 4.07. The van der Waals surface area contributed by atoms with Crippen LogP contribution in [0.1, 0.15) is 40.0 Å². The largest absolute Gasteiger partial charge is 0.338 e. The Hall–Kier alpha value is -0.990. The topological polar surface area (TPSA) is 32.3 Å². The van der Waals surface area contributed by atoms with E-state index in [0.717, 1.165) is 32.4 Å². The predicted molar refractivity (Wildman–Crippen MR) is 69.8 cm³/mol. The number of nitrogens with zero attached hydrogens (tertiary/aromatic N) is 1. The van der Waals surface area contributed by atoms with E-state index in [-0.39, 0.29) is 6.03 Å². The van der Waals surface area contributed by atoms with Gasteiger partial charge >= 0.3 is 6.03 Å². The summed E-state index contributed by atoms with van der Waals surface area (Å²) in [5, 5.41) is 2.93. The van der Waals surface area contributed by atoms with E-state index < -0.39 is 0 Å². The lowest BCUT2D eigenvalue weighted by Gasteiger charge is -2.33. The first-order chi connectivity index (χ1) is 8.15. The van der Waals surface area contributed by atoms with Gasteiger partial charge in [-0.1, -0.05) is 25.5 Å². The van der Waals surface area contributed by atoms with Gasteiger partial charge in [0.05, 0.1) is 0 Å². The van der Waals surface area contributed by atoms with Gasteiger partial charge in [0, 0.05) is 25.0 Å². The molecule has 3 heteroatoms. The van der Waals surface area contributed by atoms with Gasteiger partial charge in [-0.3, -0.25) is 0 Å². The Morgan fingerprint density at radius 3 is 2.94 bits per heavy atom. The van der Waals surface area contributed by atoms with Crippen LogP contribution >= 0.6 is 0 Å². The van der Waals surface area contributed by atoms with Gasteiger partial charge in [0.1, 0.15) is 0 Å². The molecular formula is C14H24N2O. The highest BCUT2D eigenvalue weighted by Gasteiger charge is 2.40. The first-order valence-electron chi connectivity index (χ1n) is 6.89. The minimum absolute atomic E-state index is 0.130. The highest BCUT2D eigenvalue weighted by Crippen LogP contribution is 2.39. The van der Waals surface area contributed by atoms with Crippen molar-refractivity contribution in [3.8, 4) is 0 Å². The number of urea groups is 1. The average Bonchev–Trinajstić information content (AvgIpc) is 2.72. The van der Waals surface area contributed by atoms with Crippen LogP contribution in [0.3, 0.4) is 0 Å². The number of amides is 2. The average molecular weight is 236 g/mol. The van der Waals surface area contributed by atoms with Crippen LogP contribution < -0.4 is 5.32 Å². The molecule has 0 saturated carbocycles. The smallest absolute Gasteiger partial charge is 0.317 e. The zero-order valence-electron chi connectivity index (χ0n) is 11.2. The molecule has 0 aromatic carbocycles. The Kier molecular flexibility index (Phi) is 3.75. The van der Waals surface area contributed by atoms with Crippen molar-refractivity contribution in [3.05, 3.63) is 11.6 Å². The molecule has 2 rings (SSSR count). The lowest BCUT2D eigenvalue weighted by Crippen LogP contribution is -2.45. The Balaban J connectivity index is 2.09. The van der Waals surface area contributed by atoms with E-state index in [2.05, 4.69) is 30.1 Å². The first kappa shape index (κ1) is 12.5. The highest BCUT2D eigenvalue weighted by atomic mass is 16.2. The molecule has 1 heterocycles. The van der Waals surface area contributed by atoms with Gasteiger partial charge in [0.25, 0.3) is 0 Å². The van der Waals surface area contributed by atoms with Gasteiger partial charge in [-0.25, -0.2) is 4.79 Å². The van der Waals surface area contributed by atoms with Crippen LogP contribution in [0.15, 0.2) is 11.6 Å². The van der Waals surface area contributed by atoms with E-state index in [1.54, 1.807) is 5.57 Å². The number of hydrogen-bond donors (Lipinski definition) is 1. The number of allylic oxidation sites excluding steroid dienone is 1. The van der Waals surface area contributed by atoms with Crippen LogP contribution in [-0.4, -0.2) is 30.1 Å². The number of carbonyl (C=O) groups is 1. The van der Waals surface area contributed by atoms with Crippen molar-refractivity contribution >= 4 is 6.03 Å². The van der Waals surface area contributed by atoms with E-state index in [4.69, 9.17) is 0 Å². The van der Waals surface area contributed by atoms with Gasteiger partial charge in [0.15, 0.2) is 0 Å². The van der Waals surface area contributed by atoms with E-state index in [1.165, 1.54) is 0 Å². The molecule has 1 N–H and O–H groups in total. The Labute approximate surface area is 104 Å². The van der Waals surface area contributed by atoms with Crippen molar-refractivity contribution in [1.82, 2.24) is 10.2 Å². The zero-order chi connectivity index (χ0) is 12.4. The second kappa shape index (κ2) is 5.11. The summed E-state index contributed by atoms with van der Waals surface area (Å²) >= 11 is 0. The van der Waals surface area contributed by atoms with Crippen molar-refractivity contribution in [1.29, 1.82) is 0 Å². The standard InChI is InChI=1S/C14H24N2O/c1-4-15-14(17)16-9-8-12-11(10(2)3)6-5-7-13(12)16/h6,10,12-13H,4-5,7-9H2,1-3H3,(H,15,17). The number of nitrogens with one attached hydrogen (secondary N) is 1. The highest BCUT2D eigenvalue weighted by molar-refractivity contribution is 5.75. The summed E-state index contributed by atoms with van der Waals surface area (Å²) in [6.07, 6.45) is 5.82. The minimum atomic E-state index is 0.130. The van der Waals surface area contributed by atoms with Crippen molar-refractivity contribution in [2.24, 2.45) is 11.8 Å². The van der Waals surface area contributed by atoms with Crippen LogP contribution in [0.2, 0.25) is 0 Å². The molecule has 1 aliphatic carbocycles. The molecule has 0 bridgehead atoms. The lowest BCUT2D eigenvalue weighted by molar-refractivity contribution is 0.183. The second-order valence-corrected chi connectivity index (χ2v) is 5.43. The Morgan fingerprint density at radius 1 is 1.53 bits per heavy atom. The number of rotatable bonds is 2. The summed E-state index contributed by atoms with van der Waals surface area (Å²) in [6.45, 7) is 8.16. The molecule has 96 valence electrons. The molecule has 1 aliphatic heterocycles. The zero-order valence-corrected chi connectivity index (χ0v) is 11.2. The maximum absolute atomic E-state index is 12.0. The minimum Gasteiger partial charge on any atom is -0.338 e. The molecule has 0 aromatic rings. The quantitative estimate of drug-likeness (QED) is 0.735. The van der Waals surface area contributed by atoms with Gasteiger partial charge in [-0.15, -0.1) is 0 Å². The molecule has 2 aliphatic rings. The SMILES string of the molecule is CCNC(=O)N1CCC2C(C(C)C)=CCCC21. The van der Waals surface area contributed by atoms with E-state index >= 15 is 0 Å². The monoisotopic (exact) mass is 236 g/mol. The molecule has 3 nitrogen and oxygen atoms in total. The van der Waals surface area contributed by atoms with Crippen molar-refractivity contribution in [2.75, 3.05) is 13.1 Å². The maximum atomic E-state index is 12.0. The summed E-state index contributed by atoms with van der Waals surface area (Å²) in [5.41, 5.74) is 1.58. The fourth-order valence-electron chi connectivity index (χ4n) is 3.34. The number of hydrogen-bond acceptors (Lipinski definition) is 1. The fourth-order valence-corrected chi connectivity index (χ4v) is 3.34. The summed E-state index contributed by atoms with van der Waals surface area (Å²) in [4.78, 5) is 14.0. The molecular weight excluding hydrogens is 212 g/mol. The molecule has 2 atom stereocenters. The van der Waals surface area contributed by atoms with Gasteiger partial charge in [-0.2, -0.15) is 0 Å². The van der Waals surface area contributed by atoms with Crippen LogP contribution in [0.25, 0.3) is 0 Å². The predicted octanol–water partition coefficient (Wildman–Crippen LogP) is 2.78. The first-order valence-corrected chi connectivity index (χ1v) is 6.89. The second-order valence-electron chi connectivity index (χ2n) is 5.43. The summed E-state index contributed by atoms with van der Waals surface area (Å²) in [6, 6.07) is 0.578. The summed E-state index contributed by atoms with van der Waals surface area (Å²) in [7, 11) is 0. The van der Waals surface area contributed by atoms with Crippen LogP contribution in [0, 0.1) is 11.8 Å². The molecule has 0 aromatic heterocycles. The van der Waals surface area contributed by atoms with Gasteiger partial charge < -0.3 is 10.2 Å². The van der Waals surface area contributed by atoms with Crippen molar-refractivity contribution in [3.63, 3.8) is 0 Å². The molecule has 1 saturated heterocycles. The van der Waals surface area contributed by atoms with Gasteiger partial charge in [-0.05, 0) is 32.1 Å². The summed E-state index contributed by atoms with van der Waals surface area (Å²) < 4.78 is 0. The number of carbonyl (C=O) groups excluding carboxylic acids is 1. The molecule has 1 fully saturated rings. The van der Waals surface area contributed by atoms with Crippen LogP contribution in [0.5, 0.6) is 0 Å². The fraction of sp³-hybridized carbons (Fsp3) is 0.786. The van der Waals surface area contributed by atoms with Crippen molar-refractivity contribution in [2.45, 2.75) is 46.1 Å². The van der Waals surface area contributed by atoms with E-state index in [1.807, 2.05) is 6.92 Å². The Morgan fingerprint density at radius 2 is 2.29 bits per heavy atom. The number of likely N-dealkylation sites (tertiary alicyclic amines) is 1. The van der Waals surface area contributed by atoms with Crippen LogP contribution in [-0.2, 0) is 0 Å². The van der Waals surface area contributed by atoms with Crippen LogP contribution in [0.4, 0.5) is 4.79 Å². The number of fused-ring (bicyclic) bond motifs is 1. The summed E-state index contributed by atoms with van der Waals surface area (Å²) in [5.74, 6) is 1.24. The van der Waals surface area contributed by atoms with E-state index in [0.29, 0.717) is 17.9 Å². The molecule has 2 amide bonds. The normalized spacial score (nSPS) is 28.0. The third kappa shape index (κ3) is 2.33.